The maximum absolute atomic E-state index is 6.69. The third-order valence-corrected chi connectivity index (χ3v) is 11.5. The lowest BCUT2D eigenvalue weighted by Gasteiger charge is -2.19. The molecule has 0 bridgehead atoms. The molecular formula is C52H30O2. The summed E-state index contributed by atoms with van der Waals surface area (Å²) in [5, 5.41) is 14.2. The third-order valence-electron chi connectivity index (χ3n) is 11.5. The minimum Gasteiger partial charge on any atom is -0.452 e. The van der Waals surface area contributed by atoms with Gasteiger partial charge >= 0.3 is 0 Å². The maximum atomic E-state index is 6.69. The fourth-order valence-electron chi connectivity index (χ4n) is 9.19. The van der Waals surface area contributed by atoms with Crippen LogP contribution in [-0.4, -0.2) is 0 Å². The highest BCUT2D eigenvalue weighted by Gasteiger charge is 2.22. The summed E-state index contributed by atoms with van der Waals surface area (Å²) in [7, 11) is 0. The molecule has 0 amide bonds. The van der Waals surface area contributed by atoms with Gasteiger partial charge in [0.2, 0.25) is 0 Å². The monoisotopic (exact) mass is 686 g/mol. The van der Waals surface area contributed by atoms with Crippen LogP contribution >= 0.6 is 0 Å². The van der Waals surface area contributed by atoms with Crippen molar-refractivity contribution in [2.24, 2.45) is 0 Å². The van der Waals surface area contributed by atoms with Crippen molar-refractivity contribution < 1.29 is 8.83 Å². The van der Waals surface area contributed by atoms with E-state index in [2.05, 4.69) is 170 Å². The Morgan fingerprint density at radius 1 is 0.259 bits per heavy atom. The standard InChI is InChI=1S/C52H30O2/c1-2-14-31(15-3-1)47-36-18-6-8-20-38(36)48(39-21-9-7-19-37(39)47)42-28-27-33(34-16-4-5-17-35(34)42)32-26-29-46-44(30-32)50-41-23-11-10-22-40(41)49-43-24-12-13-25-45(43)53-51(49)52(50)54-46/h1-30H. The molecule has 12 aromatic rings. The molecule has 0 fully saturated rings. The molecule has 0 saturated heterocycles. The van der Waals surface area contributed by atoms with E-state index >= 15 is 0 Å². The first-order valence-electron chi connectivity index (χ1n) is 18.5. The molecule has 10 aromatic carbocycles. The Morgan fingerprint density at radius 3 is 1.33 bits per heavy atom. The summed E-state index contributed by atoms with van der Waals surface area (Å²) in [5.74, 6) is 0. The third kappa shape index (κ3) is 4.05. The Bertz CT molecular complexity index is 3430. The molecule has 250 valence electrons. The molecule has 12 rings (SSSR count). The van der Waals surface area contributed by atoms with Crippen LogP contribution in [0, 0.1) is 0 Å². The normalized spacial score (nSPS) is 12.1. The van der Waals surface area contributed by atoms with Crippen molar-refractivity contribution in [2.75, 3.05) is 0 Å². The molecule has 0 saturated carbocycles. The van der Waals surface area contributed by atoms with Crippen LogP contribution in [0.2, 0.25) is 0 Å². The lowest BCUT2D eigenvalue weighted by molar-refractivity contribution is 0.633. The number of furan rings is 2. The van der Waals surface area contributed by atoms with E-state index < -0.39 is 0 Å². The summed E-state index contributed by atoms with van der Waals surface area (Å²) in [6.07, 6.45) is 0. The summed E-state index contributed by atoms with van der Waals surface area (Å²) in [6.45, 7) is 0. The second-order valence-corrected chi connectivity index (χ2v) is 14.3. The number of rotatable bonds is 3. The SMILES string of the molecule is c1ccc(-c2c3ccccc3c(-c3ccc(-c4ccc5oc6c7oc8ccccc8c7c7ccccc7c6c5c4)c4ccccc34)c3ccccc23)cc1. The number of hydrogen-bond donors (Lipinski definition) is 0. The largest absolute Gasteiger partial charge is 0.452 e. The number of fused-ring (bicyclic) bond motifs is 13. The lowest BCUT2D eigenvalue weighted by Crippen LogP contribution is -1.92. The smallest absolute Gasteiger partial charge is 0.179 e. The zero-order chi connectivity index (χ0) is 35.3. The van der Waals surface area contributed by atoms with Crippen molar-refractivity contribution in [2.45, 2.75) is 0 Å². The van der Waals surface area contributed by atoms with E-state index in [0.29, 0.717) is 0 Å². The van der Waals surface area contributed by atoms with E-state index in [4.69, 9.17) is 8.83 Å². The number of hydrogen-bond acceptors (Lipinski definition) is 2. The first kappa shape index (κ1) is 29.4. The van der Waals surface area contributed by atoms with E-state index in [1.165, 1.54) is 70.9 Å². The van der Waals surface area contributed by atoms with Crippen LogP contribution in [0.4, 0.5) is 0 Å². The fraction of sp³-hybridized carbons (Fsp3) is 0. The second kappa shape index (κ2) is 11.2. The van der Waals surface area contributed by atoms with E-state index in [1.807, 2.05) is 12.1 Å². The summed E-state index contributed by atoms with van der Waals surface area (Å²) in [4.78, 5) is 0. The predicted octanol–water partition coefficient (Wildman–Crippen LogP) is 15.1. The van der Waals surface area contributed by atoms with Gasteiger partial charge in [-0.2, -0.15) is 0 Å². The van der Waals surface area contributed by atoms with Gasteiger partial charge in [0.25, 0.3) is 0 Å². The molecule has 2 aromatic heterocycles. The van der Waals surface area contributed by atoms with Crippen molar-refractivity contribution >= 4 is 87.0 Å². The highest BCUT2D eigenvalue weighted by molar-refractivity contribution is 6.34. The van der Waals surface area contributed by atoms with Gasteiger partial charge in [0.15, 0.2) is 11.2 Å². The molecule has 0 radical (unpaired) electrons. The van der Waals surface area contributed by atoms with Gasteiger partial charge in [-0.15, -0.1) is 0 Å². The molecule has 0 aliphatic rings. The lowest BCUT2D eigenvalue weighted by atomic mass is 9.84. The topological polar surface area (TPSA) is 26.3 Å². The Morgan fingerprint density at radius 2 is 0.704 bits per heavy atom. The average molecular weight is 687 g/mol. The van der Waals surface area contributed by atoms with Crippen LogP contribution in [-0.2, 0) is 0 Å². The van der Waals surface area contributed by atoms with Gasteiger partial charge in [0, 0.05) is 21.5 Å². The van der Waals surface area contributed by atoms with Crippen molar-refractivity contribution in [3.8, 4) is 33.4 Å². The average Bonchev–Trinajstić information content (AvgIpc) is 3.82. The number of para-hydroxylation sites is 1. The highest BCUT2D eigenvalue weighted by Crippen LogP contribution is 2.48. The molecule has 2 nitrogen and oxygen atoms in total. The van der Waals surface area contributed by atoms with Crippen LogP contribution in [0.25, 0.3) is 120 Å². The summed E-state index contributed by atoms with van der Waals surface area (Å²) in [6, 6.07) is 65.6. The molecule has 54 heavy (non-hydrogen) atoms. The van der Waals surface area contributed by atoms with Crippen LogP contribution in [0.5, 0.6) is 0 Å². The molecular weight excluding hydrogens is 657 g/mol. The summed E-state index contributed by atoms with van der Waals surface area (Å²) < 4.78 is 13.2. The van der Waals surface area contributed by atoms with Gasteiger partial charge in [-0.25, -0.2) is 0 Å². The van der Waals surface area contributed by atoms with Crippen LogP contribution < -0.4 is 0 Å². The minimum atomic E-state index is 0.796. The zero-order valence-corrected chi connectivity index (χ0v) is 29.1. The first-order chi connectivity index (χ1) is 26.8. The Kier molecular flexibility index (Phi) is 6.09. The van der Waals surface area contributed by atoms with E-state index in [9.17, 15) is 0 Å². The highest BCUT2D eigenvalue weighted by atomic mass is 16.4. The van der Waals surface area contributed by atoms with Gasteiger partial charge in [0.05, 0.1) is 0 Å². The maximum Gasteiger partial charge on any atom is 0.179 e. The molecule has 0 aliphatic heterocycles. The molecule has 2 heteroatoms. The second-order valence-electron chi connectivity index (χ2n) is 14.3. The quantitative estimate of drug-likeness (QED) is 0.173. The van der Waals surface area contributed by atoms with Gasteiger partial charge in [0.1, 0.15) is 11.2 Å². The Labute approximate surface area is 310 Å². The molecule has 0 aliphatic carbocycles. The fourth-order valence-corrected chi connectivity index (χ4v) is 9.19. The van der Waals surface area contributed by atoms with Crippen molar-refractivity contribution in [3.63, 3.8) is 0 Å². The van der Waals surface area contributed by atoms with E-state index in [1.54, 1.807) is 0 Å². The van der Waals surface area contributed by atoms with Crippen molar-refractivity contribution in [3.05, 3.63) is 182 Å². The molecule has 0 spiro atoms. The molecule has 0 unspecified atom stereocenters. The van der Waals surface area contributed by atoms with Gasteiger partial charge < -0.3 is 8.83 Å². The van der Waals surface area contributed by atoms with Crippen molar-refractivity contribution in [1.82, 2.24) is 0 Å². The predicted molar refractivity (Wildman–Crippen MR) is 227 cm³/mol. The zero-order valence-electron chi connectivity index (χ0n) is 29.1. The Balaban J connectivity index is 1.12. The van der Waals surface area contributed by atoms with Crippen molar-refractivity contribution in [1.29, 1.82) is 0 Å². The van der Waals surface area contributed by atoms with Gasteiger partial charge in [-0.1, -0.05) is 164 Å². The molecule has 2 heterocycles. The van der Waals surface area contributed by atoms with Crippen LogP contribution in [0.1, 0.15) is 0 Å². The first-order valence-corrected chi connectivity index (χ1v) is 18.5. The molecule has 0 N–H and O–H groups in total. The van der Waals surface area contributed by atoms with Gasteiger partial charge in [-0.05, 0) is 94.7 Å². The van der Waals surface area contributed by atoms with Crippen LogP contribution in [0.15, 0.2) is 191 Å². The number of benzene rings is 10. The molecule has 0 atom stereocenters. The Hall–Kier alpha value is -7.16. The van der Waals surface area contributed by atoms with E-state index in [-0.39, 0.29) is 0 Å². The van der Waals surface area contributed by atoms with E-state index in [0.717, 1.165) is 49.4 Å². The van der Waals surface area contributed by atoms with Crippen LogP contribution in [0.3, 0.4) is 0 Å². The summed E-state index contributed by atoms with van der Waals surface area (Å²) >= 11 is 0. The summed E-state index contributed by atoms with van der Waals surface area (Å²) in [5.41, 5.74) is 10.7. The van der Waals surface area contributed by atoms with Gasteiger partial charge in [-0.3, -0.25) is 0 Å². The minimum absolute atomic E-state index is 0.796.